The maximum absolute atomic E-state index is 14.2. The van der Waals surface area contributed by atoms with Crippen molar-refractivity contribution >= 4 is 10.9 Å². The van der Waals surface area contributed by atoms with E-state index in [0.717, 1.165) is 56.2 Å². The van der Waals surface area contributed by atoms with Gasteiger partial charge in [0.05, 0.1) is 27.6 Å². The van der Waals surface area contributed by atoms with Gasteiger partial charge < -0.3 is 4.57 Å². The molecule has 1 aliphatic heterocycles. The van der Waals surface area contributed by atoms with Crippen molar-refractivity contribution < 1.29 is 13.2 Å². The van der Waals surface area contributed by atoms with Gasteiger partial charge in [0.1, 0.15) is 18.5 Å². The zero-order valence-electron chi connectivity index (χ0n) is 24.0. The Morgan fingerprint density at radius 3 is 2.55 bits per heavy atom. The number of aromatic nitrogens is 5. The van der Waals surface area contributed by atoms with Crippen LogP contribution in [-0.2, 0) is 25.2 Å². The summed E-state index contributed by atoms with van der Waals surface area (Å²) in [5.74, 6) is 1.39. The fraction of sp³-hybridized carbons (Fsp3) is 0.500. The van der Waals surface area contributed by atoms with Crippen LogP contribution in [0.1, 0.15) is 74.4 Å². The SMILES string of the molecule is C[C@H]1CCCN(Cc2cc(C(F)(F)F)c3ncn(-c4cccc(C5(c6nncn6C)CC6(CCC6)C5)c4)c(=O)c3c2)C1. The molecule has 4 aromatic rings. The van der Waals surface area contributed by atoms with Gasteiger partial charge in [0.2, 0.25) is 0 Å². The van der Waals surface area contributed by atoms with Gasteiger partial charge in [-0.3, -0.25) is 14.3 Å². The molecular weight excluding hydrogens is 541 g/mol. The molecule has 1 spiro atoms. The summed E-state index contributed by atoms with van der Waals surface area (Å²) in [5.41, 5.74) is 0.426. The fourth-order valence-corrected chi connectivity index (χ4v) is 7.89. The molecule has 3 heterocycles. The van der Waals surface area contributed by atoms with E-state index in [9.17, 15) is 18.0 Å². The maximum atomic E-state index is 14.2. The molecule has 42 heavy (non-hydrogen) atoms. The molecule has 220 valence electrons. The van der Waals surface area contributed by atoms with E-state index in [1.807, 2.05) is 29.8 Å². The highest BCUT2D eigenvalue weighted by atomic mass is 19.4. The van der Waals surface area contributed by atoms with Crippen molar-refractivity contribution in [2.24, 2.45) is 18.4 Å². The lowest BCUT2D eigenvalue weighted by Crippen LogP contribution is -2.54. The number of nitrogens with zero attached hydrogens (tertiary/aromatic N) is 6. The summed E-state index contributed by atoms with van der Waals surface area (Å²) in [6.45, 7) is 4.20. The van der Waals surface area contributed by atoms with E-state index >= 15 is 0 Å². The van der Waals surface area contributed by atoms with E-state index in [2.05, 4.69) is 33.1 Å². The van der Waals surface area contributed by atoms with Crippen LogP contribution in [0.15, 0.2) is 53.8 Å². The summed E-state index contributed by atoms with van der Waals surface area (Å²) in [6.07, 6.45) is 6.05. The standard InChI is InChI=1S/C32H35F3N6O/c1-21-6-4-11-40(15-21)16-22-12-25-27(26(13-22)32(33,34)35)36-19-41(28(25)42)24-8-3-7-23(14-24)31(29-38-37-20-39(29)2)17-30(18-31)9-5-10-30/h3,7-8,12-14,19-21H,4-6,9-11,15-18H2,1-2H3/t21-/m0/s1. The smallest absolute Gasteiger partial charge is 0.320 e. The topological polar surface area (TPSA) is 68.8 Å². The second kappa shape index (κ2) is 9.76. The molecule has 7 nitrogen and oxygen atoms in total. The number of alkyl halides is 3. The van der Waals surface area contributed by atoms with Crippen LogP contribution in [0.25, 0.3) is 16.6 Å². The molecule has 10 heteroatoms. The Kier molecular flexibility index (Phi) is 6.34. The molecule has 2 aromatic heterocycles. The van der Waals surface area contributed by atoms with Gasteiger partial charge in [-0.15, -0.1) is 10.2 Å². The number of piperidine rings is 1. The number of likely N-dealkylation sites (tertiary alicyclic amines) is 1. The minimum absolute atomic E-state index is 0.0159. The summed E-state index contributed by atoms with van der Waals surface area (Å²) in [6, 6.07) is 10.5. The number of rotatable bonds is 5. The van der Waals surface area contributed by atoms with Gasteiger partial charge in [-0.1, -0.05) is 25.5 Å². The second-order valence-corrected chi connectivity index (χ2v) is 13.0. The van der Waals surface area contributed by atoms with Crippen molar-refractivity contribution in [2.75, 3.05) is 13.1 Å². The molecule has 0 bridgehead atoms. The summed E-state index contributed by atoms with van der Waals surface area (Å²) in [7, 11) is 1.95. The lowest BCUT2D eigenvalue weighted by molar-refractivity contribution is -0.136. The molecular formula is C32H35F3N6O. The van der Waals surface area contributed by atoms with Crippen LogP contribution in [0.5, 0.6) is 0 Å². The zero-order chi connectivity index (χ0) is 29.3. The molecule has 7 rings (SSSR count). The highest BCUT2D eigenvalue weighted by Crippen LogP contribution is 2.66. The Bertz CT molecular complexity index is 1710. The molecule has 0 N–H and O–H groups in total. The number of hydrogen-bond acceptors (Lipinski definition) is 5. The second-order valence-electron chi connectivity index (χ2n) is 13.0. The van der Waals surface area contributed by atoms with Crippen LogP contribution in [0.2, 0.25) is 0 Å². The third-order valence-electron chi connectivity index (χ3n) is 9.96. The average Bonchev–Trinajstić information content (AvgIpc) is 3.33. The summed E-state index contributed by atoms with van der Waals surface area (Å²) < 4.78 is 46.0. The molecule has 1 saturated heterocycles. The fourth-order valence-electron chi connectivity index (χ4n) is 7.89. The predicted molar refractivity (Wildman–Crippen MR) is 153 cm³/mol. The van der Waals surface area contributed by atoms with E-state index in [4.69, 9.17) is 0 Å². The molecule has 3 aliphatic rings. The van der Waals surface area contributed by atoms with Gasteiger partial charge in [0, 0.05) is 20.1 Å². The molecule has 2 saturated carbocycles. The van der Waals surface area contributed by atoms with Crippen LogP contribution in [0.3, 0.4) is 0 Å². The zero-order valence-corrected chi connectivity index (χ0v) is 24.0. The van der Waals surface area contributed by atoms with Gasteiger partial charge in [0.15, 0.2) is 0 Å². The Labute approximate surface area is 242 Å². The van der Waals surface area contributed by atoms with Gasteiger partial charge in [-0.25, -0.2) is 4.98 Å². The quantitative estimate of drug-likeness (QED) is 0.291. The van der Waals surface area contributed by atoms with Crippen molar-refractivity contribution in [3.05, 3.63) is 81.9 Å². The van der Waals surface area contributed by atoms with E-state index < -0.39 is 17.3 Å². The highest BCUT2D eigenvalue weighted by molar-refractivity contribution is 5.82. The van der Waals surface area contributed by atoms with Crippen molar-refractivity contribution in [3.63, 3.8) is 0 Å². The number of fused-ring (bicyclic) bond motifs is 1. The Morgan fingerprint density at radius 1 is 1.07 bits per heavy atom. The van der Waals surface area contributed by atoms with Gasteiger partial charge in [-0.05, 0) is 91.8 Å². The number of benzene rings is 2. The summed E-state index contributed by atoms with van der Waals surface area (Å²) >= 11 is 0. The number of halogens is 3. The predicted octanol–water partition coefficient (Wildman–Crippen LogP) is 6.02. The normalized spacial score (nSPS) is 21.8. The van der Waals surface area contributed by atoms with Crippen LogP contribution in [0, 0.1) is 11.3 Å². The molecule has 2 aliphatic carbocycles. The van der Waals surface area contributed by atoms with E-state index in [-0.39, 0.29) is 16.3 Å². The van der Waals surface area contributed by atoms with Crippen molar-refractivity contribution in [3.8, 4) is 5.69 Å². The van der Waals surface area contributed by atoms with Crippen LogP contribution < -0.4 is 5.56 Å². The molecule has 0 unspecified atom stereocenters. The highest BCUT2D eigenvalue weighted by Gasteiger charge is 2.60. The number of aryl methyl sites for hydroxylation is 1. The minimum Gasteiger partial charge on any atom is -0.320 e. The maximum Gasteiger partial charge on any atom is 0.418 e. The third-order valence-corrected chi connectivity index (χ3v) is 9.96. The Hall–Kier alpha value is -3.53. The molecule has 3 fully saturated rings. The largest absolute Gasteiger partial charge is 0.418 e. The van der Waals surface area contributed by atoms with Gasteiger partial charge in [-0.2, -0.15) is 13.2 Å². The first-order chi connectivity index (χ1) is 20.1. The van der Waals surface area contributed by atoms with Crippen molar-refractivity contribution in [2.45, 2.75) is 70.0 Å². The first-order valence-corrected chi connectivity index (χ1v) is 14.9. The first-order valence-electron chi connectivity index (χ1n) is 14.9. The van der Waals surface area contributed by atoms with Gasteiger partial charge in [0.25, 0.3) is 5.56 Å². The first kappa shape index (κ1) is 27.3. The van der Waals surface area contributed by atoms with E-state index in [1.54, 1.807) is 12.4 Å². The van der Waals surface area contributed by atoms with E-state index in [1.165, 1.54) is 30.2 Å². The van der Waals surface area contributed by atoms with Crippen molar-refractivity contribution in [1.82, 2.24) is 29.2 Å². The molecule has 1 atom stereocenters. The lowest BCUT2D eigenvalue weighted by Gasteiger charge is -2.60. The Balaban J connectivity index is 1.31. The van der Waals surface area contributed by atoms with Crippen LogP contribution in [0.4, 0.5) is 13.2 Å². The summed E-state index contributed by atoms with van der Waals surface area (Å²) in [4.78, 5) is 20.3. The molecule has 2 aromatic carbocycles. The third kappa shape index (κ3) is 4.46. The van der Waals surface area contributed by atoms with Crippen LogP contribution >= 0.6 is 0 Å². The monoisotopic (exact) mass is 576 g/mol. The Morgan fingerprint density at radius 2 is 1.88 bits per heavy atom. The summed E-state index contributed by atoms with van der Waals surface area (Å²) in [5, 5.41) is 8.62. The lowest BCUT2D eigenvalue weighted by atomic mass is 9.43. The van der Waals surface area contributed by atoms with E-state index in [0.29, 0.717) is 29.1 Å². The average molecular weight is 577 g/mol. The van der Waals surface area contributed by atoms with Crippen molar-refractivity contribution in [1.29, 1.82) is 0 Å². The minimum atomic E-state index is -4.63. The molecule has 0 radical (unpaired) electrons. The number of hydrogen-bond donors (Lipinski definition) is 0. The van der Waals surface area contributed by atoms with Gasteiger partial charge >= 0.3 is 6.18 Å². The van der Waals surface area contributed by atoms with Crippen LogP contribution in [-0.4, -0.2) is 42.3 Å². The molecule has 0 amide bonds.